The maximum absolute atomic E-state index is 13.9. The predicted octanol–water partition coefficient (Wildman–Crippen LogP) is 6.35. The highest BCUT2D eigenvalue weighted by atomic mass is 35.5. The predicted molar refractivity (Wildman–Crippen MR) is 164 cm³/mol. The number of unbranched alkanes of at least 4 members (excludes halogenated alkanes) is 2. The number of halogens is 2. The minimum absolute atomic E-state index is 0.152. The molecule has 2 atom stereocenters. The Morgan fingerprint density at radius 3 is 1.79 bits per heavy atom. The lowest BCUT2D eigenvalue weighted by molar-refractivity contribution is -0.140. The van der Waals surface area contributed by atoms with Gasteiger partial charge in [0.2, 0.25) is 17.7 Å². The Hall–Kier alpha value is -3.68. The van der Waals surface area contributed by atoms with Gasteiger partial charge in [-0.25, -0.2) is 4.79 Å². The van der Waals surface area contributed by atoms with Crippen molar-refractivity contribution in [3.8, 4) is 0 Å². The van der Waals surface area contributed by atoms with Crippen LogP contribution in [0.5, 0.6) is 0 Å². The van der Waals surface area contributed by atoms with Gasteiger partial charge in [-0.2, -0.15) is 0 Å². The van der Waals surface area contributed by atoms with E-state index in [0.29, 0.717) is 37.1 Å². The average Bonchev–Trinajstić information content (AvgIpc) is 3.29. The molecule has 1 aliphatic heterocycles. The number of nitrogens with zero attached hydrogens (tertiary/aromatic N) is 1. The molecule has 0 saturated carbocycles. The van der Waals surface area contributed by atoms with E-state index in [-0.39, 0.29) is 30.7 Å². The smallest absolute Gasteiger partial charge is 0.338 e. The number of nitrogens with one attached hydrogen (secondary N) is 1. The van der Waals surface area contributed by atoms with Crippen LogP contribution >= 0.6 is 23.2 Å². The lowest BCUT2D eigenvalue weighted by Gasteiger charge is -2.54. The second kappa shape index (κ2) is 11.4. The maximum Gasteiger partial charge on any atom is 0.338 e. The Bertz CT molecular complexity index is 1480. The summed E-state index contributed by atoms with van der Waals surface area (Å²) >= 11 is 14.9. The highest BCUT2D eigenvalue weighted by Crippen LogP contribution is 2.69. The third kappa shape index (κ3) is 4.64. The molecule has 222 valence electrons. The van der Waals surface area contributed by atoms with E-state index in [0.717, 1.165) is 28.7 Å². The molecule has 43 heavy (non-hydrogen) atoms. The molecule has 3 aromatic rings. The summed E-state index contributed by atoms with van der Waals surface area (Å²) in [6.45, 7) is 2.53. The summed E-state index contributed by atoms with van der Waals surface area (Å²) in [6.07, 6.45) is 2.83. The van der Waals surface area contributed by atoms with Crippen LogP contribution in [0.2, 0.25) is 0 Å². The number of amides is 3. The van der Waals surface area contributed by atoms with Crippen molar-refractivity contribution in [3.63, 3.8) is 0 Å². The monoisotopic (exact) mass is 618 g/mol. The molecule has 7 rings (SSSR count). The number of alkyl halides is 2. The Balaban J connectivity index is 1.07. The molecule has 3 amide bonds. The van der Waals surface area contributed by atoms with E-state index in [2.05, 4.69) is 5.32 Å². The first-order valence-electron chi connectivity index (χ1n) is 14.7. The fourth-order valence-corrected chi connectivity index (χ4v) is 7.97. The minimum atomic E-state index is -1.18. The largest absolute Gasteiger partial charge is 0.462 e. The quantitative estimate of drug-likeness (QED) is 0.124. The van der Waals surface area contributed by atoms with Gasteiger partial charge >= 0.3 is 5.97 Å². The van der Waals surface area contributed by atoms with Gasteiger partial charge in [-0.3, -0.25) is 19.3 Å². The zero-order chi connectivity index (χ0) is 30.4. The summed E-state index contributed by atoms with van der Waals surface area (Å²) in [5, 5.41) is 2.83. The average molecular weight is 620 g/mol. The van der Waals surface area contributed by atoms with Crippen LogP contribution in [0.25, 0.3) is 0 Å². The van der Waals surface area contributed by atoms with E-state index in [1.165, 1.54) is 4.90 Å². The second-order valence-electron chi connectivity index (χ2n) is 11.4. The number of carbonyl (C=O) groups is 4. The molecule has 1 heterocycles. The lowest BCUT2D eigenvalue weighted by atomic mass is 9.54. The minimum Gasteiger partial charge on any atom is -0.462 e. The molecule has 4 aliphatic rings. The number of carbonyl (C=O) groups excluding carboxylic acids is 4. The highest BCUT2D eigenvalue weighted by molar-refractivity contribution is 6.36. The molecule has 1 N–H and O–H groups in total. The molecule has 1 saturated heterocycles. The topological polar surface area (TPSA) is 92.8 Å². The molecule has 7 nitrogen and oxygen atoms in total. The first-order valence-corrected chi connectivity index (χ1v) is 15.5. The Morgan fingerprint density at radius 2 is 1.30 bits per heavy atom. The van der Waals surface area contributed by atoms with Crippen LogP contribution < -0.4 is 5.32 Å². The van der Waals surface area contributed by atoms with Crippen molar-refractivity contribution >= 4 is 52.6 Å². The summed E-state index contributed by atoms with van der Waals surface area (Å²) in [4.78, 5) is 51.1. The van der Waals surface area contributed by atoms with Crippen molar-refractivity contribution in [1.29, 1.82) is 0 Å². The van der Waals surface area contributed by atoms with Gasteiger partial charge in [0.15, 0.2) is 0 Å². The number of imide groups is 1. The molecule has 3 aliphatic carbocycles. The summed E-state index contributed by atoms with van der Waals surface area (Å²) in [7, 11) is 0. The van der Waals surface area contributed by atoms with Gasteiger partial charge in [0.1, 0.15) is 9.75 Å². The molecular weight excluding hydrogens is 587 g/mol. The van der Waals surface area contributed by atoms with Crippen molar-refractivity contribution in [1.82, 2.24) is 4.90 Å². The zero-order valence-corrected chi connectivity index (χ0v) is 25.3. The van der Waals surface area contributed by atoms with Crippen molar-refractivity contribution in [2.24, 2.45) is 11.8 Å². The summed E-state index contributed by atoms with van der Waals surface area (Å²) in [5.41, 5.74) is 4.16. The first kappa shape index (κ1) is 29.4. The summed E-state index contributed by atoms with van der Waals surface area (Å²) in [6, 6.07) is 21.8. The van der Waals surface area contributed by atoms with Gasteiger partial charge < -0.3 is 10.1 Å². The number of hydrogen-bond acceptors (Lipinski definition) is 5. The third-order valence-electron chi connectivity index (χ3n) is 8.80. The van der Waals surface area contributed by atoms with Crippen LogP contribution in [0.15, 0.2) is 72.8 Å². The molecule has 0 aromatic heterocycles. The van der Waals surface area contributed by atoms with Gasteiger partial charge in [0, 0.05) is 18.7 Å². The lowest BCUT2D eigenvalue weighted by Crippen LogP contribution is -2.57. The maximum atomic E-state index is 13.9. The van der Waals surface area contributed by atoms with Gasteiger partial charge in [-0.15, -0.1) is 23.2 Å². The molecular formula is C34H32Cl2N2O5. The Kier molecular flexibility index (Phi) is 7.82. The van der Waals surface area contributed by atoms with Gasteiger partial charge in [0.05, 0.1) is 24.0 Å². The normalized spacial score (nSPS) is 24.8. The van der Waals surface area contributed by atoms with Crippen LogP contribution in [0.4, 0.5) is 5.69 Å². The van der Waals surface area contributed by atoms with Crippen molar-refractivity contribution in [2.75, 3.05) is 18.5 Å². The van der Waals surface area contributed by atoms with Gasteiger partial charge in [-0.05, 0) is 65.8 Å². The summed E-state index contributed by atoms with van der Waals surface area (Å²) in [5.74, 6) is -2.72. The number of hydrogen-bond donors (Lipinski definition) is 1. The van der Waals surface area contributed by atoms with E-state index in [1.807, 2.05) is 55.5 Å². The SMILES string of the molecule is CCCOC(=O)c1ccc(NC(=O)CCCCCN2C(=O)[C@H]3[C@H](C2=O)C2(Cl)c4ccccc4C3(Cl)c3ccccc32)cc1. The molecule has 0 unspecified atom stereocenters. The number of ether oxygens (including phenoxy) is 1. The number of benzene rings is 3. The molecule has 0 spiro atoms. The number of anilines is 1. The summed E-state index contributed by atoms with van der Waals surface area (Å²) < 4.78 is 5.12. The molecule has 0 radical (unpaired) electrons. The number of esters is 1. The Morgan fingerprint density at radius 1 is 0.791 bits per heavy atom. The van der Waals surface area contributed by atoms with Crippen LogP contribution in [0.3, 0.4) is 0 Å². The van der Waals surface area contributed by atoms with E-state index in [4.69, 9.17) is 27.9 Å². The van der Waals surface area contributed by atoms with Gasteiger partial charge in [0.25, 0.3) is 0 Å². The molecule has 2 bridgehead atoms. The van der Waals surface area contributed by atoms with Crippen LogP contribution in [-0.2, 0) is 28.9 Å². The van der Waals surface area contributed by atoms with Crippen LogP contribution in [-0.4, -0.2) is 41.7 Å². The number of likely N-dealkylation sites (tertiary alicyclic amines) is 1. The van der Waals surface area contributed by atoms with Crippen molar-refractivity contribution < 1.29 is 23.9 Å². The highest BCUT2D eigenvalue weighted by Gasteiger charge is 2.72. The van der Waals surface area contributed by atoms with E-state index < -0.39 is 27.6 Å². The fourth-order valence-electron chi connectivity index (χ4n) is 6.87. The zero-order valence-electron chi connectivity index (χ0n) is 23.8. The molecule has 3 aromatic carbocycles. The molecule has 9 heteroatoms. The Labute approximate surface area is 260 Å². The second-order valence-corrected chi connectivity index (χ2v) is 12.6. The van der Waals surface area contributed by atoms with E-state index >= 15 is 0 Å². The first-order chi connectivity index (χ1) is 20.7. The van der Waals surface area contributed by atoms with E-state index in [9.17, 15) is 19.2 Å². The fraction of sp³-hybridized carbons (Fsp3) is 0.353. The van der Waals surface area contributed by atoms with Gasteiger partial charge in [-0.1, -0.05) is 61.9 Å². The van der Waals surface area contributed by atoms with Crippen molar-refractivity contribution in [2.45, 2.75) is 48.8 Å². The standard InChI is InChI=1S/C34H32Cl2N2O5/c1-2-20-43-32(42)21-15-17-22(18-16-21)37-27(39)14-4-3-9-19-38-30(40)28-29(31(38)41)34(36)24-11-6-5-10-23(24)33(28,35)25-12-7-8-13-26(25)34/h5-8,10-13,15-18,28-29H,2-4,9,14,19-20H2,1H3,(H,37,39)/t28-,29-,33?,34?/m1/s1. The molecule has 1 fully saturated rings. The van der Waals surface area contributed by atoms with Crippen molar-refractivity contribution in [3.05, 3.63) is 101 Å². The van der Waals surface area contributed by atoms with Crippen LogP contribution in [0.1, 0.15) is 71.6 Å². The number of rotatable bonds is 10. The van der Waals surface area contributed by atoms with E-state index in [1.54, 1.807) is 24.3 Å². The third-order valence-corrected chi connectivity index (χ3v) is 10.1. The van der Waals surface area contributed by atoms with Crippen LogP contribution in [0, 0.1) is 11.8 Å².